The lowest BCUT2D eigenvalue weighted by atomic mass is 9.84. The van der Waals surface area contributed by atoms with Gasteiger partial charge >= 0.3 is 0 Å². The van der Waals surface area contributed by atoms with Crippen LogP contribution in [0.4, 0.5) is 0 Å². The third-order valence-corrected chi connectivity index (χ3v) is 2.72. The molecule has 1 fully saturated rings. The first-order valence-electron chi connectivity index (χ1n) is 4.97. The molecule has 1 heterocycles. The Balaban J connectivity index is 2.52. The topological polar surface area (TPSA) is 46.3 Å². The van der Waals surface area contributed by atoms with Gasteiger partial charge in [0.25, 0.3) is 0 Å². The molecule has 2 N–H and O–H groups in total. The number of carbonyl (C=O) groups is 1. The number of nitrogens with zero attached hydrogens (tertiary/aromatic N) is 1. The number of rotatable bonds is 2. The van der Waals surface area contributed by atoms with Crippen LogP contribution in [0.2, 0.25) is 0 Å². The Bertz CT molecular complexity index is 251. The molecule has 0 aromatic rings. The highest BCUT2D eigenvalue weighted by molar-refractivity contribution is 7.80. The second kappa shape index (κ2) is 4.26. The van der Waals surface area contributed by atoms with Gasteiger partial charge in [0.05, 0.1) is 11.4 Å². The maximum absolute atomic E-state index is 11.7. The molecule has 0 spiro atoms. The Labute approximate surface area is 90.6 Å². The van der Waals surface area contributed by atoms with E-state index >= 15 is 0 Å². The maximum Gasteiger partial charge on any atom is 0.229 e. The van der Waals surface area contributed by atoms with E-state index in [0.717, 1.165) is 19.5 Å². The number of hydrogen-bond acceptors (Lipinski definition) is 2. The predicted octanol–water partition coefficient (Wildman–Crippen LogP) is 1.31. The summed E-state index contributed by atoms with van der Waals surface area (Å²) in [6.45, 7) is 6.06. The van der Waals surface area contributed by atoms with Gasteiger partial charge in [0.2, 0.25) is 5.91 Å². The molecule has 0 aromatic heterocycles. The fraction of sp³-hybridized carbons (Fsp3) is 0.800. The minimum Gasteiger partial charge on any atom is -0.393 e. The Kier molecular flexibility index (Phi) is 3.48. The second-order valence-corrected chi connectivity index (χ2v) is 5.25. The second-order valence-electron chi connectivity index (χ2n) is 4.73. The van der Waals surface area contributed by atoms with Crippen LogP contribution in [0, 0.1) is 5.41 Å². The average molecular weight is 214 g/mol. The third-order valence-electron chi connectivity index (χ3n) is 2.58. The number of thiocarbonyl (C=S) groups is 1. The van der Waals surface area contributed by atoms with E-state index in [9.17, 15) is 4.79 Å². The number of amides is 1. The van der Waals surface area contributed by atoms with Crippen LogP contribution < -0.4 is 5.73 Å². The Morgan fingerprint density at radius 2 is 2.21 bits per heavy atom. The molecule has 14 heavy (non-hydrogen) atoms. The summed E-state index contributed by atoms with van der Waals surface area (Å²) in [6.07, 6.45) is 2.48. The van der Waals surface area contributed by atoms with Gasteiger partial charge in [-0.2, -0.15) is 0 Å². The molecule has 1 aliphatic rings. The van der Waals surface area contributed by atoms with Gasteiger partial charge in [0, 0.05) is 13.1 Å². The summed E-state index contributed by atoms with van der Waals surface area (Å²) in [7, 11) is 0. The van der Waals surface area contributed by atoms with E-state index in [4.69, 9.17) is 18.0 Å². The monoisotopic (exact) mass is 214 g/mol. The summed E-state index contributed by atoms with van der Waals surface area (Å²) >= 11 is 4.73. The van der Waals surface area contributed by atoms with Gasteiger partial charge in [0.15, 0.2) is 0 Å². The van der Waals surface area contributed by atoms with Crippen molar-refractivity contribution in [2.75, 3.05) is 13.1 Å². The van der Waals surface area contributed by atoms with Crippen molar-refractivity contribution in [1.82, 2.24) is 4.90 Å². The van der Waals surface area contributed by atoms with Crippen LogP contribution in [0.5, 0.6) is 0 Å². The normalized spacial score (nSPS) is 20.6. The number of carbonyl (C=O) groups excluding carboxylic acids is 1. The van der Waals surface area contributed by atoms with Crippen LogP contribution in [0.15, 0.2) is 0 Å². The molecule has 1 amide bonds. The molecule has 0 aliphatic carbocycles. The van der Waals surface area contributed by atoms with Crippen molar-refractivity contribution < 1.29 is 4.79 Å². The summed E-state index contributed by atoms with van der Waals surface area (Å²) in [5, 5.41) is 0. The summed E-state index contributed by atoms with van der Waals surface area (Å²) in [5.74, 6) is 0.0743. The van der Waals surface area contributed by atoms with Crippen LogP contribution in [0.25, 0.3) is 0 Å². The van der Waals surface area contributed by atoms with Crippen LogP contribution in [0.1, 0.15) is 33.1 Å². The molecular formula is C10H18N2OS. The van der Waals surface area contributed by atoms with Gasteiger partial charge in [-0.15, -0.1) is 0 Å². The van der Waals surface area contributed by atoms with Crippen molar-refractivity contribution in [2.45, 2.75) is 33.1 Å². The van der Waals surface area contributed by atoms with Crippen molar-refractivity contribution in [2.24, 2.45) is 11.1 Å². The molecule has 0 saturated carbocycles. The molecule has 1 saturated heterocycles. The fourth-order valence-corrected chi connectivity index (χ4v) is 2.02. The van der Waals surface area contributed by atoms with Gasteiger partial charge in [-0.1, -0.05) is 26.1 Å². The zero-order valence-electron chi connectivity index (χ0n) is 8.88. The van der Waals surface area contributed by atoms with E-state index in [1.54, 1.807) is 0 Å². The molecule has 4 heteroatoms. The molecule has 0 bridgehead atoms. The first kappa shape index (κ1) is 11.4. The van der Waals surface area contributed by atoms with Crippen LogP contribution >= 0.6 is 12.2 Å². The van der Waals surface area contributed by atoms with E-state index in [2.05, 4.69) is 13.8 Å². The van der Waals surface area contributed by atoms with Gasteiger partial charge < -0.3 is 10.6 Å². The zero-order valence-corrected chi connectivity index (χ0v) is 9.69. The van der Waals surface area contributed by atoms with Crippen LogP contribution in [-0.2, 0) is 4.79 Å². The Morgan fingerprint density at radius 1 is 1.57 bits per heavy atom. The van der Waals surface area contributed by atoms with Gasteiger partial charge in [-0.05, 0) is 18.3 Å². The fourth-order valence-electron chi connectivity index (χ4n) is 1.90. The van der Waals surface area contributed by atoms with Crippen molar-refractivity contribution in [3.05, 3.63) is 0 Å². The Hall–Kier alpha value is -0.640. The quantitative estimate of drug-likeness (QED) is 0.705. The number of hydrogen-bond donors (Lipinski definition) is 1. The van der Waals surface area contributed by atoms with Crippen LogP contribution in [-0.4, -0.2) is 28.9 Å². The molecular weight excluding hydrogens is 196 g/mol. The molecule has 0 atom stereocenters. The molecule has 1 rings (SSSR count). The lowest BCUT2D eigenvalue weighted by Gasteiger charge is -2.38. The smallest absolute Gasteiger partial charge is 0.229 e. The van der Waals surface area contributed by atoms with Crippen LogP contribution in [0.3, 0.4) is 0 Å². The molecule has 1 aliphatic heterocycles. The van der Waals surface area contributed by atoms with Crippen molar-refractivity contribution in [3.8, 4) is 0 Å². The highest BCUT2D eigenvalue weighted by Crippen LogP contribution is 2.28. The molecule has 80 valence electrons. The highest BCUT2D eigenvalue weighted by atomic mass is 32.1. The minimum absolute atomic E-state index is 0.0743. The predicted molar refractivity (Wildman–Crippen MR) is 61.0 cm³/mol. The minimum atomic E-state index is 0.0743. The first-order valence-corrected chi connectivity index (χ1v) is 5.38. The van der Waals surface area contributed by atoms with E-state index in [-0.39, 0.29) is 17.7 Å². The summed E-state index contributed by atoms with van der Waals surface area (Å²) in [4.78, 5) is 13.8. The van der Waals surface area contributed by atoms with Crippen molar-refractivity contribution in [3.63, 3.8) is 0 Å². The summed E-state index contributed by atoms with van der Waals surface area (Å²) < 4.78 is 0. The van der Waals surface area contributed by atoms with E-state index in [1.165, 1.54) is 6.42 Å². The first-order chi connectivity index (χ1) is 6.41. The lowest BCUT2D eigenvalue weighted by Crippen LogP contribution is -2.44. The maximum atomic E-state index is 11.7. The van der Waals surface area contributed by atoms with Gasteiger partial charge in [0.1, 0.15) is 0 Å². The SMILES string of the molecule is CC1(C)CCCN(C(=O)CC(N)=S)C1. The third kappa shape index (κ3) is 3.25. The van der Waals surface area contributed by atoms with Gasteiger partial charge in [-0.3, -0.25) is 4.79 Å². The zero-order chi connectivity index (χ0) is 10.8. The standard InChI is InChI=1S/C10H18N2OS/c1-10(2)4-3-5-12(7-10)9(13)6-8(11)14/h3-7H2,1-2H3,(H2,11,14). The molecule has 3 nitrogen and oxygen atoms in total. The number of piperidine rings is 1. The molecule has 0 radical (unpaired) electrons. The van der Waals surface area contributed by atoms with Crippen molar-refractivity contribution >= 4 is 23.1 Å². The van der Waals surface area contributed by atoms with Crippen molar-refractivity contribution in [1.29, 1.82) is 0 Å². The lowest BCUT2D eigenvalue weighted by molar-refractivity contribution is -0.132. The Morgan fingerprint density at radius 3 is 2.71 bits per heavy atom. The summed E-state index contributed by atoms with van der Waals surface area (Å²) in [5.41, 5.74) is 5.59. The largest absolute Gasteiger partial charge is 0.393 e. The molecule has 0 unspecified atom stereocenters. The summed E-state index contributed by atoms with van der Waals surface area (Å²) in [6, 6.07) is 0. The highest BCUT2D eigenvalue weighted by Gasteiger charge is 2.28. The van der Waals surface area contributed by atoms with E-state index in [0.29, 0.717) is 4.99 Å². The number of likely N-dealkylation sites (tertiary alicyclic amines) is 1. The van der Waals surface area contributed by atoms with E-state index < -0.39 is 0 Å². The van der Waals surface area contributed by atoms with E-state index in [1.807, 2.05) is 4.90 Å². The molecule has 0 aromatic carbocycles. The number of nitrogens with two attached hydrogens (primary N) is 1. The average Bonchev–Trinajstić information content (AvgIpc) is 2.01. The van der Waals surface area contributed by atoms with Gasteiger partial charge in [-0.25, -0.2) is 0 Å².